The lowest BCUT2D eigenvalue weighted by molar-refractivity contribution is -0.104. The summed E-state index contributed by atoms with van der Waals surface area (Å²) in [6.45, 7) is -0.727. The fraction of sp³-hybridized carbons (Fsp3) is 0.538. The second-order valence-corrected chi connectivity index (χ2v) is 5.47. The van der Waals surface area contributed by atoms with Gasteiger partial charge in [-0.25, -0.2) is 14.4 Å². The van der Waals surface area contributed by atoms with E-state index < -0.39 is 30.6 Å². The molecule has 1 aliphatic rings. The Labute approximate surface area is 125 Å². The zero-order valence-corrected chi connectivity index (χ0v) is 11.7. The highest BCUT2D eigenvalue weighted by Gasteiger charge is 2.54. The molecule has 1 aliphatic heterocycles. The number of nitrogens with one attached hydrogen (secondary N) is 1. The maximum Gasteiger partial charge on any atom is 0.155 e. The second kappa shape index (κ2) is 5.43. The molecule has 1 saturated heterocycles. The Hall–Kier alpha value is -1.81. The Balaban J connectivity index is 1.88. The van der Waals surface area contributed by atoms with Crippen LogP contribution in [0.25, 0.3) is 11.0 Å². The fourth-order valence-electron chi connectivity index (χ4n) is 2.83. The topological polar surface area (TPSA) is 143 Å². The molecule has 0 amide bonds. The number of nitrogens with zero attached hydrogens (tertiary/aromatic N) is 2. The van der Waals surface area contributed by atoms with Crippen molar-refractivity contribution >= 4 is 16.9 Å². The number of hydrogen-bond donors (Lipinski definition) is 5. The highest BCUT2D eigenvalue weighted by Crippen LogP contribution is 2.35. The van der Waals surface area contributed by atoms with Crippen LogP contribution in [0.15, 0.2) is 12.5 Å². The maximum atomic E-state index is 14.3. The molecule has 0 aromatic carbocycles. The monoisotopic (exact) mass is 311 g/mol. The number of aliphatic hydroxyl groups is 2. The number of nitrogen functional groups attached to an aromatic ring is 1. The molecule has 9 heteroatoms. The number of H-pyrrole nitrogens is 1. The first-order chi connectivity index (χ1) is 10.5. The molecule has 0 bridgehead atoms. The smallest absolute Gasteiger partial charge is 0.155 e. The van der Waals surface area contributed by atoms with Gasteiger partial charge in [0.1, 0.15) is 23.5 Å². The van der Waals surface area contributed by atoms with Gasteiger partial charge in [-0.2, -0.15) is 0 Å². The molecule has 3 rings (SSSR count). The van der Waals surface area contributed by atoms with E-state index in [0.717, 1.165) is 0 Å². The van der Waals surface area contributed by atoms with E-state index in [1.165, 1.54) is 6.33 Å². The molecule has 1 fully saturated rings. The second-order valence-electron chi connectivity index (χ2n) is 5.47. The number of ether oxygens (including phenoxy) is 1. The van der Waals surface area contributed by atoms with E-state index in [4.69, 9.17) is 16.2 Å². The Kier molecular flexibility index (Phi) is 3.73. The van der Waals surface area contributed by atoms with Crippen LogP contribution in [0.4, 0.5) is 10.2 Å². The van der Waals surface area contributed by atoms with Crippen LogP contribution in [0.1, 0.15) is 5.56 Å². The van der Waals surface area contributed by atoms with Gasteiger partial charge in [-0.15, -0.1) is 0 Å². The lowest BCUT2D eigenvalue weighted by atomic mass is 9.95. The maximum absolute atomic E-state index is 14.3. The molecule has 2 aromatic rings. The Morgan fingerprint density at radius 2 is 2.23 bits per heavy atom. The molecule has 0 aliphatic carbocycles. The van der Waals surface area contributed by atoms with Gasteiger partial charge in [0.25, 0.3) is 0 Å². The minimum Gasteiger partial charge on any atom is -0.393 e. The van der Waals surface area contributed by atoms with E-state index in [1.54, 1.807) is 6.20 Å². The van der Waals surface area contributed by atoms with Gasteiger partial charge in [0, 0.05) is 19.2 Å². The molecule has 4 atom stereocenters. The molecule has 3 heterocycles. The molecular formula is C13H18FN5O3. The summed E-state index contributed by atoms with van der Waals surface area (Å²) >= 11 is 0. The van der Waals surface area contributed by atoms with E-state index in [-0.39, 0.29) is 13.0 Å². The third-order valence-corrected chi connectivity index (χ3v) is 4.19. The number of rotatable bonds is 4. The van der Waals surface area contributed by atoms with Crippen LogP contribution in [-0.2, 0) is 11.2 Å². The fourth-order valence-corrected chi connectivity index (χ4v) is 2.83. The molecule has 22 heavy (non-hydrogen) atoms. The zero-order valence-electron chi connectivity index (χ0n) is 11.7. The Bertz CT molecular complexity index is 675. The lowest BCUT2D eigenvalue weighted by Crippen LogP contribution is -2.51. The van der Waals surface area contributed by atoms with Crippen molar-refractivity contribution in [2.75, 3.05) is 18.9 Å². The van der Waals surface area contributed by atoms with Crippen LogP contribution in [-0.4, -0.2) is 62.3 Å². The first-order valence-electron chi connectivity index (χ1n) is 6.89. The molecule has 0 spiro atoms. The SMILES string of the molecule is NCC1(CO)OC(Cc2c[nH]c3c(N)ncnc23)C(F)C1O. The highest BCUT2D eigenvalue weighted by atomic mass is 19.1. The third kappa shape index (κ3) is 2.13. The highest BCUT2D eigenvalue weighted by molar-refractivity contribution is 5.86. The molecular weight excluding hydrogens is 293 g/mol. The number of fused-ring (bicyclic) bond motifs is 1. The van der Waals surface area contributed by atoms with Crippen LogP contribution in [0.3, 0.4) is 0 Å². The summed E-state index contributed by atoms with van der Waals surface area (Å²) in [6, 6.07) is 0. The molecule has 8 nitrogen and oxygen atoms in total. The molecule has 120 valence electrons. The molecule has 7 N–H and O–H groups in total. The van der Waals surface area contributed by atoms with Crippen molar-refractivity contribution in [1.82, 2.24) is 15.0 Å². The van der Waals surface area contributed by atoms with Gasteiger partial charge < -0.3 is 31.4 Å². The van der Waals surface area contributed by atoms with Crippen molar-refractivity contribution in [2.45, 2.75) is 30.4 Å². The molecule has 0 radical (unpaired) electrons. The van der Waals surface area contributed by atoms with Crippen molar-refractivity contribution in [3.8, 4) is 0 Å². The van der Waals surface area contributed by atoms with Crippen LogP contribution in [0.2, 0.25) is 0 Å². The largest absolute Gasteiger partial charge is 0.393 e. The number of aliphatic hydroxyl groups excluding tert-OH is 2. The summed E-state index contributed by atoms with van der Waals surface area (Å²) in [5.74, 6) is 0.298. The minimum atomic E-state index is -1.65. The van der Waals surface area contributed by atoms with Crippen molar-refractivity contribution in [3.05, 3.63) is 18.1 Å². The van der Waals surface area contributed by atoms with Gasteiger partial charge in [-0.1, -0.05) is 0 Å². The normalized spacial score (nSPS) is 31.9. The van der Waals surface area contributed by atoms with Crippen molar-refractivity contribution in [2.24, 2.45) is 5.73 Å². The lowest BCUT2D eigenvalue weighted by Gasteiger charge is -2.27. The Morgan fingerprint density at radius 1 is 1.45 bits per heavy atom. The predicted molar refractivity (Wildman–Crippen MR) is 76.7 cm³/mol. The van der Waals surface area contributed by atoms with E-state index in [1.807, 2.05) is 0 Å². The van der Waals surface area contributed by atoms with Gasteiger partial charge in [-0.05, 0) is 5.56 Å². The third-order valence-electron chi connectivity index (χ3n) is 4.19. The Morgan fingerprint density at radius 3 is 2.86 bits per heavy atom. The van der Waals surface area contributed by atoms with Gasteiger partial charge in [0.15, 0.2) is 12.0 Å². The predicted octanol–water partition coefficient (Wildman–Crippen LogP) is -1.13. The van der Waals surface area contributed by atoms with Crippen molar-refractivity contribution in [1.29, 1.82) is 0 Å². The van der Waals surface area contributed by atoms with E-state index >= 15 is 0 Å². The average Bonchev–Trinajstić information content (AvgIpc) is 3.04. The van der Waals surface area contributed by atoms with Crippen molar-refractivity contribution in [3.63, 3.8) is 0 Å². The number of aromatic nitrogens is 3. The van der Waals surface area contributed by atoms with Crippen LogP contribution in [0, 0.1) is 0 Å². The standard InChI is InChI=1S/C13H18FN5O3/c14-8-7(22-13(3-15,4-20)11(8)21)1-6-2-17-10-9(6)18-5-19-12(10)16/h2,5,7-8,11,17,20-21H,1,3-4,15H2,(H2,16,18,19). The summed E-state index contributed by atoms with van der Waals surface area (Å²) in [7, 11) is 0. The minimum absolute atomic E-state index is 0.163. The summed E-state index contributed by atoms with van der Waals surface area (Å²) in [4.78, 5) is 10.9. The van der Waals surface area contributed by atoms with E-state index in [0.29, 0.717) is 22.4 Å². The van der Waals surface area contributed by atoms with Crippen molar-refractivity contribution < 1.29 is 19.3 Å². The van der Waals surface area contributed by atoms with E-state index in [2.05, 4.69) is 15.0 Å². The van der Waals surface area contributed by atoms with Crippen LogP contribution < -0.4 is 11.5 Å². The number of anilines is 1. The average molecular weight is 311 g/mol. The van der Waals surface area contributed by atoms with Gasteiger partial charge in [0.2, 0.25) is 0 Å². The molecule has 4 unspecified atom stereocenters. The first kappa shape index (κ1) is 15.1. The summed E-state index contributed by atoms with van der Waals surface area (Å²) < 4.78 is 19.8. The zero-order chi connectivity index (χ0) is 15.9. The summed E-state index contributed by atoms with van der Waals surface area (Å²) in [6.07, 6.45) is -0.918. The molecule has 2 aromatic heterocycles. The number of halogens is 1. The summed E-state index contributed by atoms with van der Waals surface area (Å²) in [5.41, 5.74) is 11.6. The number of nitrogens with two attached hydrogens (primary N) is 2. The van der Waals surface area contributed by atoms with E-state index in [9.17, 15) is 14.6 Å². The van der Waals surface area contributed by atoms with Gasteiger partial charge in [0.05, 0.1) is 18.2 Å². The van der Waals surface area contributed by atoms with Crippen LogP contribution in [0.5, 0.6) is 0 Å². The number of aromatic amines is 1. The molecule has 0 saturated carbocycles. The quantitative estimate of drug-likeness (QED) is 0.480. The number of hydrogen-bond acceptors (Lipinski definition) is 7. The number of alkyl halides is 1. The van der Waals surface area contributed by atoms with Crippen LogP contribution >= 0.6 is 0 Å². The first-order valence-corrected chi connectivity index (χ1v) is 6.89. The van der Waals surface area contributed by atoms with Gasteiger partial charge >= 0.3 is 0 Å². The van der Waals surface area contributed by atoms with Gasteiger partial charge in [-0.3, -0.25) is 0 Å². The summed E-state index contributed by atoms with van der Waals surface area (Å²) in [5, 5.41) is 19.4.